The van der Waals surface area contributed by atoms with Gasteiger partial charge in [0.15, 0.2) is 6.61 Å². The first-order chi connectivity index (χ1) is 13.9. The number of carbonyl (C=O) groups is 2. The molecule has 1 aliphatic heterocycles. The quantitative estimate of drug-likeness (QED) is 0.422. The molecule has 1 aliphatic rings. The van der Waals surface area contributed by atoms with Crippen molar-refractivity contribution in [3.05, 3.63) is 69.8 Å². The molecule has 0 saturated heterocycles. The molecule has 0 unspecified atom stereocenters. The highest BCUT2D eigenvalue weighted by Gasteiger charge is 2.24. The van der Waals surface area contributed by atoms with Gasteiger partial charge in [0.2, 0.25) is 0 Å². The zero-order chi connectivity index (χ0) is 21.0. The minimum Gasteiger partial charge on any atom is -0.452 e. The topological polar surface area (TPSA) is 105 Å². The lowest BCUT2D eigenvalue weighted by molar-refractivity contribution is -0.384. The van der Waals surface area contributed by atoms with E-state index in [2.05, 4.69) is 5.10 Å². The average molecular weight is 396 g/mol. The van der Waals surface area contributed by atoms with E-state index in [9.17, 15) is 19.7 Å². The van der Waals surface area contributed by atoms with Crippen molar-refractivity contribution in [2.24, 2.45) is 5.10 Å². The number of anilines is 1. The van der Waals surface area contributed by atoms with Crippen LogP contribution in [0.25, 0.3) is 0 Å². The molecule has 0 fully saturated rings. The van der Waals surface area contributed by atoms with Crippen LogP contribution >= 0.6 is 0 Å². The van der Waals surface area contributed by atoms with E-state index in [1.165, 1.54) is 17.1 Å². The minimum atomic E-state index is -0.807. The summed E-state index contributed by atoms with van der Waals surface area (Å²) in [6.45, 7) is -0.0861. The number of hydrogen-bond acceptors (Lipinski definition) is 7. The molecule has 1 amide bonds. The zero-order valence-electron chi connectivity index (χ0n) is 16.1. The summed E-state index contributed by atoms with van der Waals surface area (Å²) in [4.78, 5) is 36.8. The first-order valence-corrected chi connectivity index (χ1v) is 8.93. The van der Waals surface area contributed by atoms with Crippen molar-refractivity contribution in [3.63, 3.8) is 0 Å². The molecule has 0 N–H and O–H groups in total. The maximum absolute atomic E-state index is 12.3. The molecular weight excluding hydrogens is 376 g/mol. The highest BCUT2D eigenvalue weighted by atomic mass is 16.6. The Kier molecular flexibility index (Phi) is 5.87. The monoisotopic (exact) mass is 396 g/mol. The third-order valence-electron chi connectivity index (χ3n) is 4.41. The van der Waals surface area contributed by atoms with Crippen LogP contribution in [0.3, 0.4) is 0 Å². The number of carbonyl (C=O) groups excluding carboxylic acids is 2. The Labute approximate surface area is 167 Å². The molecule has 1 heterocycles. The zero-order valence-corrected chi connectivity index (χ0v) is 16.1. The molecule has 2 aromatic rings. The van der Waals surface area contributed by atoms with Crippen molar-refractivity contribution in [2.75, 3.05) is 32.1 Å². The summed E-state index contributed by atoms with van der Waals surface area (Å²) < 4.78 is 5.04. The molecule has 2 aromatic carbocycles. The Morgan fingerprint density at radius 2 is 1.93 bits per heavy atom. The van der Waals surface area contributed by atoms with Crippen LogP contribution in [0, 0.1) is 10.1 Å². The number of amides is 1. The summed E-state index contributed by atoms with van der Waals surface area (Å²) >= 11 is 0. The number of nitrogens with zero attached hydrogens (tertiary/aromatic N) is 4. The van der Waals surface area contributed by atoms with Gasteiger partial charge in [-0.15, -0.1) is 0 Å². The number of rotatable bonds is 6. The first kappa shape index (κ1) is 20.0. The normalized spacial score (nSPS) is 13.0. The van der Waals surface area contributed by atoms with Crippen molar-refractivity contribution in [1.82, 2.24) is 5.01 Å². The Morgan fingerprint density at radius 3 is 2.59 bits per heavy atom. The van der Waals surface area contributed by atoms with Gasteiger partial charge in [-0.2, -0.15) is 5.10 Å². The van der Waals surface area contributed by atoms with E-state index in [4.69, 9.17) is 4.74 Å². The van der Waals surface area contributed by atoms with Crippen molar-refractivity contribution in [2.45, 2.75) is 6.42 Å². The van der Waals surface area contributed by atoms with Crippen molar-refractivity contribution < 1.29 is 19.2 Å². The maximum atomic E-state index is 12.3. The summed E-state index contributed by atoms with van der Waals surface area (Å²) in [6.07, 6.45) is 0.613. The molecule has 150 valence electrons. The highest BCUT2D eigenvalue weighted by molar-refractivity contribution is 6.02. The van der Waals surface area contributed by atoms with Crippen LogP contribution in [-0.4, -0.2) is 54.8 Å². The number of nitro groups is 1. The number of ether oxygens (including phenoxy) is 1. The van der Waals surface area contributed by atoms with Crippen molar-refractivity contribution >= 4 is 29.0 Å². The van der Waals surface area contributed by atoms with Crippen LogP contribution in [0.1, 0.15) is 22.3 Å². The lowest BCUT2D eigenvalue weighted by atomic mass is 10.1. The van der Waals surface area contributed by atoms with Gasteiger partial charge in [0, 0.05) is 26.6 Å². The van der Waals surface area contributed by atoms with Gasteiger partial charge in [-0.3, -0.25) is 14.9 Å². The molecule has 0 radical (unpaired) electrons. The molecule has 3 rings (SSSR count). The second kappa shape index (κ2) is 8.51. The summed E-state index contributed by atoms with van der Waals surface area (Å²) in [6, 6.07) is 13.6. The van der Waals surface area contributed by atoms with Gasteiger partial charge >= 0.3 is 5.97 Å². The predicted octanol–water partition coefficient (Wildman–Crippen LogP) is 2.45. The lowest BCUT2D eigenvalue weighted by Crippen LogP contribution is -2.28. The summed E-state index contributed by atoms with van der Waals surface area (Å²) in [5.74, 6) is -1.26. The molecular formula is C20H20N4O5. The SMILES string of the molecule is CN(C)c1ccc(C(=O)OCC(=O)N2CCC(c3ccccc3)=N2)cc1[N+](=O)[O-]. The van der Waals surface area contributed by atoms with Crippen LogP contribution in [0.2, 0.25) is 0 Å². The second-order valence-corrected chi connectivity index (χ2v) is 6.61. The largest absolute Gasteiger partial charge is 0.452 e. The highest BCUT2D eigenvalue weighted by Crippen LogP contribution is 2.28. The molecule has 0 aromatic heterocycles. The van der Waals surface area contributed by atoms with Crippen LogP contribution in [0.4, 0.5) is 11.4 Å². The van der Waals surface area contributed by atoms with Crippen LogP contribution in [-0.2, 0) is 9.53 Å². The number of hydrazone groups is 1. The van der Waals surface area contributed by atoms with Crippen molar-refractivity contribution in [3.8, 4) is 0 Å². The van der Waals surface area contributed by atoms with Crippen molar-refractivity contribution in [1.29, 1.82) is 0 Å². The molecule has 9 nitrogen and oxygen atoms in total. The Hall–Kier alpha value is -3.75. The molecule has 0 saturated carbocycles. The molecule has 9 heteroatoms. The lowest BCUT2D eigenvalue weighted by Gasteiger charge is -2.14. The fourth-order valence-corrected chi connectivity index (χ4v) is 2.93. The number of hydrogen-bond donors (Lipinski definition) is 0. The van der Waals surface area contributed by atoms with E-state index < -0.39 is 23.4 Å². The average Bonchev–Trinajstić information content (AvgIpc) is 3.22. The predicted molar refractivity (Wildman–Crippen MR) is 107 cm³/mol. The standard InChI is InChI=1S/C20H20N4O5/c1-22(2)17-9-8-15(12-18(17)24(27)28)20(26)29-13-19(25)23-11-10-16(21-23)14-6-4-3-5-7-14/h3-9,12H,10-11,13H2,1-2H3. The summed E-state index contributed by atoms with van der Waals surface area (Å²) in [5.41, 5.74) is 1.88. The van der Waals surface area contributed by atoms with E-state index in [0.717, 1.165) is 17.3 Å². The van der Waals surface area contributed by atoms with E-state index in [1.807, 2.05) is 30.3 Å². The number of esters is 1. The van der Waals surface area contributed by atoms with Gasteiger partial charge in [-0.25, -0.2) is 9.80 Å². The Balaban J connectivity index is 1.64. The van der Waals surface area contributed by atoms with Gasteiger partial charge in [-0.05, 0) is 17.7 Å². The minimum absolute atomic E-state index is 0.00463. The third-order valence-corrected chi connectivity index (χ3v) is 4.41. The van der Waals surface area contributed by atoms with Crippen LogP contribution in [0.15, 0.2) is 53.6 Å². The first-order valence-electron chi connectivity index (χ1n) is 8.93. The van der Waals surface area contributed by atoms with E-state index >= 15 is 0 Å². The van der Waals surface area contributed by atoms with Crippen LogP contribution < -0.4 is 4.90 Å². The molecule has 0 aliphatic carbocycles. The molecule has 0 atom stereocenters. The van der Waals surface area contributed by atoms with E-state index in [-0.39, 0.29) is 11.3 Å². The van der Waals surface area contributed by atoms with Gasteiger partial charge < -0.3 is 9.64 Å². The molecule has 29 heavy (non-hydrogen) atoms. The molecule has 0 bridgehead atoms. The van der Waals surface area contributed by atoms with Gasteiger partial charge in [0.1, 0.15) is 5.69 Å². The maximum Gasteiger partial charge on any atom is 0.338 e. The smallest absolute Gasteiger partial charge is 0.338 e. The molecule has 0 spiro atoms. The summed E-state index contributed by atoms with van der Waals surface area (Å²) in [5, 5.41) is 16.8. The third kappa shape index (κ3) is 4.57. The van der Waals surface area contributed by atoms with E-state index in [1.54, 1.807) is 19.0 Å². The van der Waals surface area contributed by atoms with E-state index in [0.29, 0.717) is 18.7 Å². The Morgan fingerprint density at radius 1 is 1.21 bits per heavy atom. The van der Waals surface area contributed by atoms with Crippen LogP contribution in [0.5, 0.6) is 0 Å². The number of nitro benzene ring substituents is 1. The van der Waals surface area contributed by atoms with Gasteiger partial charge in [-0.1, -0.05) is 30.3 Å². The number of benzene rings is 2. The summed E-state index contributed by atoms with van der Waals surface area (Å²) in [7, 11) is 3.33. The second-order valence-electron chi connectivity index (χ2n) is 6.61. The van der Waals surface area contributed by atoms with Gasteiger partial charge in [0.05, 0.1) is 22.7 Å². The Bertz CT molecular complexity index is 972. The fourth-order valence-electron chi connectivity index (χ4n) is 2.93. The van der Waals surface area contributed by atoms with Gasteiger partial charge in [0.25, 0.3) is 11.6 Å². The fraction of sp³-hybridized carbons (Fsp3) is 0.250.